The molecule has 0 aromatic carbocycles. The number of nitrogens with zero attached hydrogens (tertiary/aromatic N) is 1. The highest BCUT2D eigenvalue weighted by atomic mass is 32.1. The number of rotatable bonds is 2. The van der Waals surface area contributed by atoms with E-state index in [9.17, 15) is 0 Å². The van der Waals surface area contributed by atoms with Gasteiger partial charge in [-0.1, -0.05) is 12.2 Å². The molecule has 0 aromatic rings. The van der Waals surface area contributed by atoms with Crippen molar-refractivity contribution in [3.8, 4) is 0 Å². The van der Waals surface area contributed by atoms with Gasteiger partial charge in [0.15, 0.2) is 0 Å². The number of hydrogen-bond donors (Lipinski definition) is 2. The van der Waals surface area contributed by atoms with E-state index in [4.69, 9.17) is 4.55 Å². The van der Waals surface area contributed by atoms with Crippen molar-refractivity contribution < 1.29 is 4.55 Å². The Labute approximate surface area is 61.2 Å². The van der Waals surface area contributed by atoms with Crippen molar-refractivity contribution in [2.45, 2.75) is 6.92 Å². The van der Waals surface area contributed by atoms with Gasteiger partial charge in [-0.15, -0.1) is 0 Å². The van der Waals surface area contributed by atoms with Gasteiger partial charge in [0.05, 0.1) is 0 Å². The second kappa shape index (κ2) is 10.4. The molecule has 0 heterocycles. The molecule has 9 heavy (non-hydrogen) atoms. The zero-order valence-corrected chi connectivity index (χ0v) is 6.30. The van der Waals surface area contributed by atoms with Crippen molar-refractivity contribution in [2.75, 3.05) is 0 Å². The third-order valence-corrected chi connectivity index (χ3v) is 0.464. The van der Waals surface area contributed by atoms with E-state index < -0.39 is 0 Å². The fraction of sp³-hybridized carbons (Fsp3) is 0.167. The highest BCUT2D eigenvalue weighted by Gasteiger charge is 1.66. The Hall–Kier alpha value is -0.540. The van der Waals surface area contributed by atoms with Crippen molar-refractivity contribution in [2.24, 2.45) is 4.99 Å². The number of allylic oxidation sites excluding steroid dienone is 2. The van der Waals surface area contributed by atoms with E-state index in [0.717, 1.165) is 5.57 Å². The van der Waals surface area contributed by atoms with E-state index in [-0.39, 0.29) is 0 Å². The van der Waals surface area contributed by atoms with E-state index in [0.29, 0.717) is 0 Å². The first-order chi connectivity index (χ1) is 4.27. The van der Waals surface area contributed by atoms with E-state index in [2.05, 4.69) is 31.2 Å². The first kappa shape index (κ1) is 11.3. The average Bonchev–Trinajstić information content (AvgIpc) is 1.88. The standard InChI is InChI=1S/C6H9N.H2OS/c1-6(2)4-5-7-3;1-2/h4-5H,1,3H2,2H3;1-2H/b5-4-;. The van der Waals surface area contributed by atoms with Crippen molar-refractivity contribution >= 4 is 19.6 Å². The highest BCUT2D eigenvalue weighted by Crippen LogP contribution is 1.86. The van der Waals surface area contributed by atoms with Crippen LogP contribution in [0.15, 0.2) is 29.4 Å². The van der Waals surface area contributed by atoms with Gasteiger partial charge in [-0.3, -0.25) is 4.99 Å². The molecule has 0 unspecified atom stereocenters. The summed E-state index contributed by atoms with van der Waals surface area (Å²) in [6.07, 6.45) is 3.41. The molecule has 0 aliphatic heterocycles. The molecule has 0 aliphatic rings. The highest BCUT2D eigenvalue weighted by molar-refractivity contribution is 7.74. The van der Waals surface area contributed by atoms with Crippen molar-refractivity contribution in [3.05, 3.63) is 24.4 Å². The van der Waals surface area contributed by atoms with Crippen LogP contribution in [-0.4, -0.2) is 11.3 Å². The maximum absolute atomic E-state index is 6.69. The van der Waals surface area contributed by atoms with Crippen LogP contribution in [0.1, 0.15) is 6.92 Å². The molecule has 1 N–H and O–H groups in total. The summed E-state index contributed by atoms with van der Waals surface area (Å²) in [5.41, 5.74) is 0.993. The predicted molar refractivity (Wildman–Crippen MR) is 45.1 cm³/mol. The van der Waals surface area contributed by atoms with Crippen molar-refractivity contribution in [3.63, 3.8) is 0 Å². The molecule has 0 rings (SSSR count). The van der Waals surface area contributed by atoms with Gasteiger partial charge < -0.3 is 4.55 Å². The van der Waals surface area contributed by atoms with Crippen LogP contribution < -0.4 is 0 Å². The Kier molecular flexibility index (Phi) is 13.1. The molecular weight excluding hydrogens is 134 g/mol. The number of thiol groups is 1. The smallest absolute Gasteiger partial charge is 0.0262 e. The summed E-state index contributed by atoms with van der Waals surface area (Å²) in [5.74, 6) is 0. The lowest BCUT2D eigenvalue weighted by Gasteiger charge is -1.76. The van der Waals surface area contributed by atoms with E-state index in [1.54, 1.807) is 12.3 Å². The van der Waals surface area contributed by atoms with Gasteiger partial charge in [-0.2, -0.15) is 0 Å². The minimum absolute atomic E-state index is 0.993. The van der Waals surface area contributed by atoms with Gasteiger partial charge >= 0.3 is 0 Å². The monoisotopic (exact) mass is 145 g/mol. The third-order valence-electron chi connectivity index (χ3n) is 0.464. The van der Waals surface area contributed by atoms with Crippen LogP contribution in [-0.2, 0) is 0 Å². The molecule has 0 amide bonds. The van der Waals surface area contributed by atoms with E-state index in [1.807, 2.05) is 6.92 Å². The van der Waals surface area contributed by atoms with Crippen LogP contribution in [0, 0.1) is 0 Å². The summed E-state index contributed by atoms with van der Waals surface area (Å²) in [6, 6.07) is 0. The molecule has 0 bridgehead atoms. The van der Waals surface area contributed by atoms with Crippen molar-refractivity contribution in [1.29, 1.82) is 0 Å². The minimum Gasteiger partial charge on any atom is -0.333 e. The minimum atomic E-state index is 0.993. The molecule has 0 saturated carbocycles. The van der Waals surface area contributed by atoms with E-state index >= 15 is 0 Å². The zero-order valence-electron chi connectivity index (χ0n) is 5.41. The molecule has 52 valence electrons. The zero-order chi connectivity index (χ0) is 7.70. The quantitative estimate of drug-likeness (QED) is 0.265. The Morgan fingerprint density at radius 3 is 2.22 bits per heavy atom. The third kappa shape index (κ3) is 18.6. The first-order valence-electron chi connectivity index (χ1n) is 2.25. The van der Waals surface area contributed by atoms with Gasteiger partial charge in [0.1, 0.15) is 0 Å². The molecular formula is C6H11NOS. The lowest BCUT2D eigenvalue weighted by atomic mass is 10.3. The number of hydrogen-bond acceptors (Lipinski definition) is 3. The summed E-state index contributed by atoms with van der Waals surface area (Å²) in [7, 11) is 0. The summed E-state index contributed by atoms with van der Waals surface area (Å²) in [6.45, 7) is 8.78. The topological polar surface area (TPSA) is 32.6 Å². The molecule has 0 saturated heterocycles. The molecule has 0 aromatic heterocycles. The molecule has 0 spiro atoms. The largest absolute Gasteiger partial charge is 0.333 e. The maximum atomic E-state index is 6.69. The molecule has 0 aliphatic carbocycles. The fourth-order valence-corrected chi connectivity index (χ4v) is 0.180. The van der Waals surface area contributed by atoms with Crippen LogP contribution in [0.3, 0.4) is 0 Å². The lowest BCUT2D eigenvalue weighted by Crippen LogP contribution is -1.56. The predicted octanol–water partition coefficient (Wildman–Crippen LogP) is 2.17. The van der Waals surface area contributed by atoms with Gasteiger partial charge in [0.25, 0.3) is 0 Å². The molecule has 0 fully saturated rings. The van der Waals surface area contributed by atoms with Crippen LogP contribution in [0.5, 0.6) is 0 Å². The second-order valence-corrected chi connectivity index (χ2v) is 1.34. The Morgan fingerprint density at radius 1 is 1.67 bits per heavy atom. The SMILES string of the molecule is C=N/C=C\C(=C)C.OS. The van der Waals surface area contributed by atoms with E-state index in [1.165, 1.54) is 0 Å². The van der Waals surface area contributed by atoms with Crippen molar-refractivity contribution in [1.82, 2.24) is 0 Å². The first-order valence-corrected chi connectivity index (χ1v) is 2.65. The van der Waals surface area contributed by atoms with Gasteiger partial charge in [0, 0.05) is 6.20 Å². The normalized spacial score (nSPS) is 7.89. The summed E-state index contributed by atoms with van der Waals surface area (Å²) in [4.78, 5) is 3.48. The summed E-state index contributed by atoms with van der Waals surface area (Å²) < 4.78 is 6.69. The Balaban J connectivity index is 0. The number of aliphatic imine (C=N–C) groups is 1. The van der Waals surface area contributed by atoms with Gasteiger partial charge in [-0.25, -0.2) is 0 Å². The van der Waals surface area contributed by atoms with Crippen LogP contribution in [0.2, 0.25) is 0 Å². The van der Waals surface area contributed by atoms with Crippen LogP contribution in [0.25, 0.3) is 0 Å². The fourth-order valence-electron chi connectivity index (χ4n) is 0.180. The summed E-state index contributed by atoms with van der Waals surface area (Å²) in [5, 5.41) is 0. The molecule has 0 atom stereocenters. The lowest BCUT2D eigenvalue weighted by molar-refractivity contribution is 0.679. The average molecular weight is 145 g/mol. The molecule has 2 nitrogen and oxygen atoms in total. The Bertz CT molecular complexity index is 110. The second-order valence-electron chi connectivity index (χ2n) is 1.34. The maximum Gasteiger partial charge on any atom is 0.0262 e. The van der Waals surface area contributed by atoms with Crippen LogP contribution >= 0.6 is 12.9 Å². The van der Waals surface area contributed by atoms with Crippen LogP contribution in [0.4, 0.5) is 0 Å². The molecule has 0 radical (unpaired) electrons. The molecule has 3 heteroatoms. The van der Waals surface area contributed by atoms with Gasteiger partial charge in [-0.05, 0) is 32.6 Å². The summed E-state index contributed by atoms with van der Waals surface area (Å²) >= 11 is 2.53. The Morgan fingerprint density at radius 2 is 2.11 bits per heavy atom. The van der Waals surface area contributed by atoms with Gasteiger partial charge in [0.2, 0.25) is 0 Å².